The second-order valence-corrected chi connectivity index (χ2v) is 4.34. The van der Waals surface area contributed by atoms with Crippen LogP contribution in [0, 0.1) is 6.92 Å². The van der Waals surface area contributed by atoms with Gasteiger partial charge in [0, 0.05) is 5.69 Å². The Bertz CT molecular complexity index is 445. The fraction of sp³-hybridized carbons (Fsp3) is 0.300. The average molecular weight is 192 g/mol. The van der Waals surface area contributed by atoms with Gasteiger partial charge >= 0.3 is 0 Å². The molecule has 1 heterocycles. The Labute approximate surface area is 81.4 Å². The molecule has 0 aliphatic rings. The van der Waals surface area contributed by atoms with Crippen LogP contribution in [0.1, 0.15) is 17.5 Å². The fourth-order valence-electron chi connectivity index (χ4n) is 1.45. The van der Waals surface area contributed by atoms with E-state index >= 15 is 0 Å². The molecular weight excluding hydrogens is 180 g/mol. The van der Waals surface area contributed by atoms with E-state index in [1.807, 2.05) is 13.0 Å². The molecule has 0 saturated heterocycles. The Morgan fingerprint density at radius 2 is 2.23 bits per heavy atom. The quantitative estimate of drug-likeness (QED) is 0.706. The molecule has 1 aromatic heterocycles. The van der Waals surface area contributed by atoms with Gasteiger partial charge in [-0.2, -0.15) is 0 Å². The van der Waals surface area contributed by atoms with Crippen LogP contribution in [0.5, 0.6) is 0 Å². The monoisotopic (exact) mass is 192 g/mol. The van der Waals surface area contributed by atoms with Gasteiger partial charge in [0.05, 0.1) is 15.2 Å². The van der Waals surface area contributed by atoms with Crippen LogP contribution in [0.15, 0.2) is 12.1 Å². The Hall–Kier alpha value is -1.09. The van der Waals surface area contributed by atoms with Gasteiger partial charge in [-0.15, -0.1) is 11.3 Å². The molecule has 0 aliphatic heterocycles. The van der Waals surface area contributed by atoms with E-state index in [0.717, 1.165) is 22.6 Å². The molecule has 1 aromatic carbocycles. The summed E-state index contributed by atoms with van der Waals surface area (Å²) >= 11 is 1.69. The van der Waals surface area contributed by atoms with E-state index in [1.165, 1.54) is 10.3 Å². The normalized spacial score (nSPS) is 10.9. The van der Waals surface area contributed by atoms with Gasteiger partial charge in [-0.1, -0.05) is 6.92 Å². The summed E-state index contributed by atoms with van der Waals surface area (Å²) in [6, 6.07) is 4.12. The van der Waals surface area contributed by atoms with E-state index in [-0.39, 0.29) is 0 Å². The molecule has 0 atom stereocenters. The summed E-state index contributed by atoms with van der Waals surface area (Å²) < 4.78 is 1.19. The summed E-state index contributed by atoms with van der Waals surface area (Å²) in [6.07, 6.45) is 0.971. The minimum Gasteiger partial charge on any atom is -0.398 e. The van der Waals surface area contributed by atoms with E-state index in [9.17, 15) is 0 Å². The van der Waals surface area contributed by atoms with E-state index in [2.05, 4.69) is 18.0 Å². The van der Waals surface area contributed by atoms with Gasteiger partial charge in [-0.3, -0.25) is 0 Å². The first-order valence-electron chi connectivity index (χ1n) is 4.36. The molecule has 13 heavy (non-hydrogen) atoms. The number of fused-ring (bicyclic) bond motifs is 1. The summed E-state index contributed by atoms with van der Waals surface area (Å²) in [7, 11) is 0. The maximum absolute atomic E-state index is 5.89. The number of benzene rings is 1. The van der Waals surface area contributed by atoms with Crippen molar-refractivity contribution in [2.24, 2.45) is 0 Å². The van der Waals surface area contributed by atoms with Crippen molar-refractivity contribution in [2.75, 3.05) is 5.73 Å². The van der Waals surface area contributed by atoms with E-state index in [4.69, 9.17) is 5.73 Å². The molecule has 2 nitrogen and oxygen atoms in total. The molecule has 3 heteroatoms. The first-order valence-corrected chi connectivity index (χ1v) is 5.18. The molecule has 0 spiro atoms. The third-order valence-corrected chi connectivity index (χ3v) is 3.07. The third-order valence-electron chi connectivity index (χ3n) is 2.14. The molecule has 0 radical (unpaired) electrons. The van der Waals surface area contributed by atoms with Gasteiger partial charge in [0.1, 0.15) is 0 Å². The number of nitrogen functional groups attached to an aromatic ring is 1. The number of nitrogens with two attached hydrogens (primary N) is 1. The SMILES string of the molecule is CCc1cc2nc(C)sc2cc1N. The number of thiazole rings is 1. The number of hydrogen-bond donors (Lipinski definition) is 1. The van der Waals surface area contributed by atoms with Crippen molar-refractivity contribution >= 4 is 27.2 Å². The molecule has 2 rings (SSSR count). The highest BCUT2D eigenvalue weighted by molar-refractivity contribution is 7.18. The molecular formula is C10H12N2S. The van der Waals surface area contributed by atoms with Gasteiger partial charge in [0.2, 0.25) is 0 Å². The smallest absolute Gasteiger partial charge is 0.0907 e. The Morgan fingerprint density at radius 3 is 2.92 bits per heavy atom. The number of aryl methyl sites for hydroxylation is 2. The van der Waals surface area contributed by atoms with Crippen LogP contribution in [-0.4, -0.2) is 4.98 Å². The summed E-state index contributed by atoms with van der Waals surface area (Å²) in [5.41, 5.74) is 9.04. The predicted octanol–water partition coefficient (Wildman–Crippen LogP) is 2.75. The van der Waals surface area contributed by atoms with Crippen LogP contribution in [0.25, 0.3) is 10.2 Å². The largest absolute Gasteiger partial charge is 0.398 e. The lowest BCUT2D eigenvalue weighted by Gasteiger charge is -2.00. The standard InChI is InChI=1S/C10H12N2S/c1-3-7-4-9-10(5-8(7)11)13-6(2)12-9/h4-5H,3,11H2,1-2H3. The van der Waals surface area contributed by atoms with Gasteiger partial charge < -0.3 is 5.73 Å². The number of anilines is 1. The van der Waals surface area contributed by atoms with E-state index in [1.54, 1.807) is 11.3 Å². The van der Waals surface area contributed by atoms with Crippen LogP contribution in [0.2, 0.25) is 0 Å². The maximum Gasteiger partial charge on any atom is 0.0907 e. The van der Waals surface area contributed by atoms with Crippen LogP contribution in [0.3, 0.4) is 0 Å². The third kappa shape index (κ3) is 1.40. The van der Waals surface area contributed by atoms with Crippen molar-refractivity contribution in [1.82, 2.24) is 4.98 Å². The maximum atomic E-state index is 5.89. The van der Waals surface area contributed by atoms with Gasteiger partial charge in [0.25, 0.3) is 0 Å². The van der Waals surface area contributed by atoms with E-state index in [0.29, 0.717) is 0 Å². The van der Waals surface area contributed by atoms with Crippen molar-refractivity contribution in [3.8, 4) is 0 Å². The second-order valence-electron chi connectivity index (χ2n) is 3.11. The Kier molecular flexibility index (Phi) is 1.96. The number of rotatable bonds is 1. The van der Waals surface area contributed by atoms with Crippen LogP contribution in [0.4, 0.5) is 5.69 Å². The fourth-order valence-corrected chi connectivity index (χ4v) is 2.31. The lowest BCUT2D eigenvalue weighted by molar-refractivity contribution is 1.15. The van der Waals surface area contributed by atoms with E-state index < -0.39 is 0 Å². The van der Waals surface area contributed by atoms with Crippen molar-refractivity contribution < 1.29 is 0 Å². The zero-order valence-corrected chi connectivity index (χ0v) is 8.61. The average Bonchev–Trinajstić information content (AvgIpc) is 2.42. The van der Waals surface area contributed by atoms with Gasteiger partial charge in [0.15, 0.2) is 0 Å². The zero-order valence-electron chi connectivity index (χ0n) is 7.79. The van der Waals surface area contributed by atoms with Gasteiger partial charge in [-0.25, -0.2) is 4.98 Å². The molecule has 0 aliphatic carbocycles. The highest BCUT2D eigenvalue weighted by atomic mass is 32.1. The Morgan fingerprint density at radius 1 is 1.46 bits per heavy atom. The van der Waals surface area contributed by atoms with Crippen molar-refractivity contribution in [3.63, 3.8) is 0 Å². The summed E-state index contributed by atoms with van der Waals surface area (Å²) in [4.78, 5) is 4.43. The summed E-state index contributed by atoms with van der Waals surface area (Å²) in [5, 5.41) is 1.10. The number of hydrogen-bond acceptors (Lipinski definition) is 3. The first kappa shape index (κ1) is 8.51. The van der Waals surface area contributed by atoms with Gasteiger partial charge in [-0.05, 0) is 31.0 Å². The molecule has 0 saturated carbocycles. The second kappa shape index (κ2) is 3.00. The molecule has 2 N–H and O–H groups in total. The zero-order chi connectivity index (χ0) is 9.42. The highest BCUT2D eigenvalue weighted by Gasteiger charge is 2.04. The highest BCUT2D eigenvalue weighted by Crippen LogP contribution is 2.26. The van der Waals surface area contributed by atoms with Crippen LogP contribution >= 0.6 is 11.3 Å². The number of nitrogens with zero attached hydrogens (tertiary/aromatic N) is 1. The molecule has 0 unspecified atom stereocenters. The van der Waals surface area contributed by atoms with Crippen LogP contribution < -0.4 is 5.73 Å². The van der Waals surface area contributed by atoms with Crippen LogP contribution in [-0.2, 0) is 6.42 Å². The molecule has 0 fully saturated rings. The minimum absolute atomic E-state index is 0.888. The number of aromatic nitrogens is 1. The predicted molar refractivity (Wildman–Crippen MR) is 58.1 cm³/mol. The van der Waals surface area contributed by atoms with Crippen molar-refractivity contribution in [1.29, 1.82) is 0 Å². The van der Waals surface area contributed by atoms with Crippen molar-refractivity contribution in [2.45, 2.75) is 20.3 Å². The minimum atomic E-state index is 0.888. The molecule has 0 amide bonds. The topological polar surface area (TPSA) is 38.9 Å². The summed E-state index contributed by atoms with van der Waals surface area (Å²) in [6.45, 7) is 4.13. The lowest BCUT2D eigenvalue weighted by atomic mass is 10.1. The first-order chi connectivity index (χ1) is 6.20. The molecule has 0 bridgehead atoms. The van der Waals surface area contributed by atoms with Crippen molar-refractivity contribution in [3.05, 3.63) is 22.7 Å². The molecule has 68 valence electrons. The summed E-state index contributed by atoms with van der Waals surface area (Å²) in [5.74, 6) is 0. The molecule has 2 aromatic rings. The Balaban J connectivity index is 2.72. The lowest BCUT2D eigenvalue weighted by Crippen LogP contribution is -1.91.